The molecule has 0 spiro atoms. The second kappa shape index (κ2) is 9.16. The number of ether oxygens (including phenoxy) is 1. The Morgan fingerprint density at radius 2 is 1.61 bits per heavy atom. The predicted molar refractivity (Wildman–Crippen MR) is 138 cm³/mol. The second-order valence-corrected chi connectivity index (χ2v) is 14.6. The highest BCUT2D eigenvalue weighted by Crippen LogP contribution is 2.68. The van der Waals surface area contributed by atoms with Gasteiger partial charge in [0.25, 0.3) is 0 Å². The average molecular weight is 459 g/mol. The van der Waals surface area contributed by atoms with Crippen LogP contribution in [0.4, 0.5) is 0 Å². The fraction of sp³-hybridized carbons (Fsp3) is 0.968. The van der Waals surface area contributed by atoms with E-state index in [2.05, 4.69) is 48.5 Å². The van der Waals surface area contributed by atoms with Gasteiger partial charge in [0.15, 0.2) is 0 Å². The monoisotopic (exact) mass is 458 g/mol. The third-order valence-corrected chi connectivity index (χ3v) is 12.5. The van der Waals surface area contributed by atoms with Crippen molar-refractivity contribution >= 4 is 5.97 Å². The maximum absolute atomic E-state index is 11.5. The molecule has 0 unspecified atom stereocenters. The zero-order chi connectivity index (χ0) is 24.2. The van der Waals surface area contributed by atoms with Crippen LogP contribution in [-0.2, 0) is 9.53 Å². The van der Waals surface area contributed by atoms with Gasteiger partial charge in [0, 0.05) is 6.92 Å². The van der Waals surface area contributed by atoms with E-state index in [0.29, 0.717) is 16.2 Å². The summed E-state index contributed by atoms with van der Waals surface area (Å²) in [6.45, 7) is 19.3. The first-order chi connectivity index (χ1) is 15.4. The predicted octanol–water partition coefficient (Wildman–Crippen LogP) is 8.68. The quantitative estimate of drug-likeness (QED) is 0.372. The van der Waals surface area contributed by atoms with Crippen LogP contribution in [0, 0.1) is 57.7 Å². The molecule has 4 fully saturated rings. The van der Waals surface area contributed by atoms with Crippen LogP contribution < -0.4 is 0 Å². The van der Waals surface area contributed by atoms with Crippen LogP contribution in [0.3, 0.4) is 0 Å². The molecule has 0 amide bonds. The molecule has 0 bridgehead atoms. The van der Waals surface area contributed by atoms with E-state index in [4.69, 9.17) is 4.74 Å². The Balaban J connectivity index is 1.44. The van der Waals surface area contributed by atoms with E-state index in [1.165, 1.54) is 57.8 Å². The summed E-state index contributed by atoms with van der Waals surface area (Å²) in [5, 5.41) is 0. The molecule has 0 aromatic rings. The van der Waals surface area contributed by atoms with E-state index in [1.807, 2.05) is 0 Å². The van der Waals surface area contributed by atoms with Gasteiger partial charge < -0.3 is 4.74 Å². The van der Waals surface area contributed by atoms with Crippen molar-refractivity contribution in [3.05, 3.63) is 0 Å². The lowest BCUT2D eigenvalue weighted by Crippen LogP contribution is -2.54. The van der Waals surface area contributed by atoms with Crippen LogP contribution in [0.1, 0.15) is 126 Å². The van der Waals surface area contributed by atoms with Crippen molar-refractivity contribution in [3.8, 4) is 0 Å². The van der Waals surface area contributed by atoms with E-state index < -0.39 is 0 Å². The van der Waals surface area contributed by atoms with Gasteiger partial charge in [-0.25, -0.2) is 0 Å². The molecule has 190 valence electrons. The number of hydrogen-bond donors (Lipinski definition) is 0. The molecular formula is C31H54O2. The Kier molecular flexibility index (Phi) is 7.10. The van der Waals surface area contributed by atoms with Gasteiger partial charge in [0.05, 0.1) is 0 Å². The molecule has 2 nitrogen and oxygen atoms in total. The summed E-state index contributed by atoms with van der Waals surface area (Å²) in [4.78, 5) is 11.5. The Labute approximate surface area is 205 Å². The van der Waals surface area contributed by atoms with Crippen LogP contribution in [0.2, 0.25) is 0 Å². The minimum Gasteiger partial charge on any atom is -0.463 e. The summed E-state index contributed by atoms with van der Waals surface area (Å²) in [6, 6.07) is 0. The zero-order valence-electron chi connectivity index (χ0n) is 23.2. The second-order valence-electron chi connectivity index (χ2n) is 14.6. The third kappa shape index (κ3) is 4.55. The first-order valence-corrected chi connectivity index (χ1v) is 14.6. The maximum Gasteiger partial charge on any atom is 0.302 e. The first kappa shape index (κ1) is 25.6. The molecule has 4 rings (SSSR count). The molecule has 0 aromatic heterocycles. The van der Waals surface area contributed by atoms with E-state index >= 15 is 0 Å². The molecule has 4 aliphatic rings. The lowest BCUT2D eigenvalue weighted by molar-refractivity contribution is -0.160. The van der Waals surface area contributed by atoms with Gasteiger partial charge in [-0.15, -0.1) is 0 Å². The number of hydrogen-bond acceptors (Lipinski definition) is 2. The Bertz CT molecular complexity index is 710. The van der Waals surface area contributed by atoms with Crippen molar-refractivity contribution in [1.29, 1.82) is 0 Å². The van der Waals surface area contributed by atoms with Crippen molar-refractivity contribution < 1.29 is 9.53 Å². The molecule has 9 atom stereocenters. The van der Waals surface area contributed by atoms with Gasteiger partial charge >= 0.3 is 5.97 Å². The van der Waals surface area contributed by atoms with Crippen LogP contribution in [-0.4, -0.2) is 12.1 Å². The van der Waals surface area contributed by atoms with Crippen LogP contribution in [0.25, 0.3) is 0 Å². The fourth-order valence-electron chi connectivity index (χ4n) is 9.63. The van der Waals surface area contributed by atoms with Gasteiger partial charge in [0.2, 0.25) is 0 Å². The third-order valence-electron chi connectivity index (χ3n) is 12.5. The number of fused-ring (bicyclic) bond motifs is 5. The highest BCUT2D eigenvalue weighted by molar-refractivity contribution is 5.66. The summed E-state index contributed by atoms with van der Waals surface area (Å²) in [5.74, 6) is 6.02. The number of carbonyl (C=O) groups excluding carboxylic acids is 1. The average Bonchev–Trinajstić information content (AvgIpc) is 3.09. The number of rotatable bonds is 6. The van der Waals surface area contributed by atoms with Crippen molar-refractivity contribution in [1.82, 2.24) is 0 Å². The molecule has 4 aliphatic carbocycles. The van der Waals surface area contributed by atoms with Crippen molar-refractivity contribution in [2.75, 3.05) is 0 Å². The van der Waals surface area contributed by atoms with Crippen LogP contribution >= 0.6 is 0 Å². The van der Waals surface area contributed by atoms with E-state index in [9.17, 15) is 4.79 Å². The standard InChI is InChI=1S/C31H54O2/c1-20(2)29(5,6)16-13-21(3)26-11-12-27-25-10-9-23-19-24(33-22(4)32)14-17-30(23,7)28(25)15-18-31(26,27)8/h20-21,23-28H,9-19H2,1-8H3/t21-,23+,24+,25+,26-,27+,28+,30+,31-/m1/s1. The van der Waals surface area contributed by atoms with E-state index in [-0.39, 0.29) is 12.1 Å². The summed E-state index contributed by atoms with van der Waals surface area (Å²) in [5.41, 5.74) is 1.51. The van der Waals surface area contributed by atoms with Crippen LogP contribution in [0.5, 0.6) is 0 Å². The normalized spacial score (nSPS) is 44.0. The smallest absolute Gasteiger partial charge is 0.302 e. The highest BCUT2D eigenvalue weighted by Gasteiger charge is 2.60. The molecule has 33 heavy (non-hydrogen) atoms. The van der Waals surface area contributed by atoms with Crippen molar-refractivity contribution in [3.63, 3.8) is 0 Å². The van der Waals surface area contributed by atoms with Gasteiger partial charge in [0.1, 0.15) is 6.10 Å². The minimum absolute atomic E-state index is 0.0892. The topological polar surface area (TPSA) is 26.3 Å². The molecule has 0 aliphatic heterocycles. The lowest BCUT2D eigenvalue weighted by atomic mass is 9.44. The first-order valence-electron chi connectivity index (χ1n) is 14.6. The Morgan fingerprint density at radius 1 is 0.939 bits per heavy atom. The van der Waals surface area contributed by atoms with Crippen molar-refractivity contribution in [2.24, 2.45) is 57.7 Å². The van der Waals surface area contributed by atoms with Crippen molar-refractivity contribution in [2.45, 2.75) is 132 Å². The summed E-state index contributed by atoms with van der Waals surface area (Å²) < 4.78 is 5.67. The SMILES string of the molecule is CC(=O)O[C@H]1CC[C@@]2(C)[C@@H](CC[C@@H]3[C@@H]2CC[C@]2(C)[C@@H]([C@H](C)CCC(C)(C)C(C)C)CC[C@@H]32)C1. The molecule has 0 radical (unpaired) electrons. The highest BCUT2D eigenvalue weighted by atomic mass is 16.5. The Hall–Kier alpha value is -0.530. The van der Waals surface area contributed by atoms with Crippen LogP contribution in [0.15, 0.2) is 0 Å². The summed E-state index contributed by atoms with van der Waals surface area (Å²) >= 11 is 0. The van der Waals surface area contributed by atoms with E-state index in [0.717, 1.165) is 54.3 Å². The van der Waals surface area contributed by atoms with E-state index in [1.54, 1.807) is 6.92 Å². The molecule has 0 aromatic carbocycles. The molecule has 0 saturated heterocycles. The van der Waals surface area contributed by atoms with Gasteiger partial charge in [-0.2, -0.15) is 0 Å². The molecule has 2 heteroatoms. The minimum atomic E-state index is -0.0892. The molecule has 0 heterocycles. The van der Waals surface area contributed by atoms with Gasteiger partial charge in [-0.05, 0) is 128 Å². The molecule has 0 N–H and O–H groups in total. The number of carbonyl (C=O) groups is 1. The molecular weight excluding hydrogens is 404 g/mol. The summed E-state index contributed by atoms with van der Waals surface area (Å²) in [7, 11) is 0. The largest absolute Gasteiger partial charge is 0.463 e. The van der Waals surface area contributed by atoms with Gasteiger partial charge in [-0.1, -0.05) is 48.5 Å². The number of esters is 1. The zero-order valence-corrected chi connectivity index (χ0v) is 23.2. The van der Waals surface area contributed by atoms with Gasteiger partial charge in [-0.3, -0.25) is 4.79 Å². The molecule has 4 saturated carbocycles. The maximum atomic E-state index is 11.5. The fourth-order valence-corrected chi connectivity index (χ4v) is 9.63. The lowest BCUT2D eigenvalue weighted by Gasteiger charge is -2.61. The Morgan fingerprint density at radius 3 is 2.27 bits per heavy atom. The summed E-state index contributed by atoms with van der Waals surface area (Å²) in [6.07, 6.45) is 15.1.